The van der Waals surface area contributed by atoms with Crippen LogP contribution in [0.3, 0.4) is 0 Å². The normalized spacial score (nSPS) is 21.9. The van der Waals surface area contributed by atoms with Gasteiger partial charge in [0.25, 0.3) is 0 Å². The Morgan fingerprint density at radius 1 is 1.53 bits per heavy atom. The Labute approximate surface area is 108 Å². The zero-order valence-electron chi connectivity index (χ0n) is 10.9. The van der Waals surface area contributed by atoms with E-state index in [4.69, 9.17) is 4.74 Å². The second-order valence-electron chi connectivity index (χ2n) is 4.77. The number of ether oxygens (including phenoxy) is 1. The van der Waals surface area contributed by atoms with Crippen LogP contribution in [-0.4, -0.2) is 19.3 Å². The van der Waals surface area contributed by atoms with E-state index >= 15 is 0 Å². The number of rotatable bonds is 6. The number of nitrogens with one attached hydrogen (secondary N) is 1. The lowest BCUT2D eigenvalue weighted by Gasteiger charge is -2.18. The van der Waals surface area contributed by atoms with Gasteiger partial charge in [-0.05, 0) is 51.3 Å². The maximum absolute atomic E-state index is 5.70. The van der Waals surface area contributed by atoms with Gasteiger partial charge in [-0.15, -0.1) is 11.3 Å². The highest BCUT2D eigenvalue weighted by atomic mass is 32.1. The van der Waals surface area contributed by atoms with Crippen LogP contribution in [0.15, 0.2) is 12.1 Å². The van der Waals surface area contributed by atoms with E-state index < -0.39 is 0 Å². The molecule has 1 aromatic rings. The van der Waals surface area contributed by atoms with Crippen molar-refractivity contribution in [3.8, 4) is 0 Å². The van der Waals surface area contributed by atoms with E-state index in [-0.39, 0.29) is 0 Å². The van der Waals surface area contributed by atoms with Gasteiger partial charge in [0.15, 0.2) is 0 Å². The largest absolute Gasteiger partial charge is 0.378 e. The van der Waals surface area contributed by atoms with Crippen LogP contribution in [0.4, 0.5) is 0 Å². The highest BCUT2D eigenvalue weighted by molar-refractivity contribution is 7.12. The minimum atomic E-state index is 0.511. The Bertz CT molecular complexity index is 331. The zero-order chi connectivity index (χ0) is 12.1. The Kier molecular flexibility index (Phi) is 5.01. The Morgan fingerprint density at radius 3 is 3.00 bits per heavy atom. The molecule has 0 aliphatic carbocycles. The Hall–Kier alpha value is -0.380. The van der Waals surface area contributed by atoms with Gasteiger partial charge in [-0.3, -0.25) is 0 Å². The van der Waals surface area contributed by atoms with Gasteiger partial charge in [0.1, 0.15) is 0 Å². The lowest BCUT2D eigenvalue weighted by Crippen LogP contribution is -2.21. The fourth-order valence-electron chi connectivity index (χ4n) is 2.46. The van der Waals surface area contributed by atoms with Crippen LogP contribution in [0.1, 0.15) is 48.4 Å². The lowest BCUT2D eigenvalue weighted by molar-refractivity contribution is 0.0997. The molecular weight excluding hydrogens is 230 g/mol. The third-order valence-electron chi connectivity index (χ3n) is 3.36. The molecule has 2 nitrogen and oxygen atoms in total. The molecule has 0 aromatic carbocycles. The molecule has 0 spiro atoms. The van der Waals surface area contributed by atoms with Crippen LogP contribution >= 0.6 is 11.3 Å². The molecule has 1 fully saturated rings. The van der Waals surface area contributed by atoms with Crippen molar-refractivity contribution >= 4 is 11.3 Å². The van der Waals surface area contributed by atoms with Crippen LogP contribution in [0, 0.1) is 6.92 Å². The number of aryl methyl sites for hydroxylation is 1. The summed E-state index contributed by atoms with van der Waals surface area (Å²) >= 11 is 1.91. The summed E-state index contributed by atoms with van der Waals surface area (Å²) in [6.45, 7) is 6.36. The molecule has 0 bridgehead atoms. The molecule has 2 atom stereocenters. The summed E-state index contributed by atoms with van der Waals surface area (Å²) in [7, 11) is 0. The summed E-state index contributed by atoms with van der Waals surface area (Å²) in [6, 6.07) is 5.00. The molecule has 0 saturated carbocycles. The summed E-state index contributed by atoms with van der Waals surface area (Å²) in [4.78, 5) is 2.88. The summed E-state index contributed by atoms with van der Waals surface area (Å²) in [5.74, 6) is 0. The van der Waals surface area contributed by atoms with Crippen molar-refractivity contribution in [3.63, 3.8) is 0 Å². The molecule has 1 aliphatic rings. The quantitative estimate of drug-likeness (QED) is 0.835. The van der Waals surface area contributed by atoms with Crippen molar-refractivity contribution in [2.75, 3.05) is 13.2 Å². The fraction of sp³-hybridized carbons (Fsp3) is 0.714. The number of hydrogen-bond donors (Lipinski definition) is 1. The third kappa shape index (κ3) is 3.80. The van der Waals surface area contributed by atoms with Gasteiger partial charge < -0.3 is 10.1 Å². The minimum Gasteiger partial charge on any atom is -0.378 e. The summed E-state index contributed by atoms with van der Waals surface area (Å²) in [6.07, 6.45) is 5.39. The molecule has 1 aliphatic heterocycles. The average Bonchev–Trinajstić information content (AvgIpc) is 2.95. The molecular formula is C14H23NOS. The van der Waals surface area contributed by atoms with Crippen LogP contribution in [0.25, 0.3) is 0 Å². The van der Waals surface area contributed by atoms with Crippen LogP contribution < -0.4 is 5.32 Å². The fourth-order valence-corrected chi connectivity index (χ4v) is 3.44. The SMILES string of the molecule is CCNC(CCC1CCCO1)c1ccc(C)s1. The highest BCUT2D eigenvalue weighted by Gasteiger charge is 2.19. The second kappa shape index (κ2) is 6.53. The standard InChI is InChI=1S/C14H23NOS/c1-3-15-13(14-9-6-11(2)17-14)8-7-12-5-4-10-16-12/h6,9,12-13,15H,3-5,7-8,10H2,1-2H3. The molecule has 1 N–H and O–H groups in total. The summed E-state index contributed by atoms with van der Waals surface area (Å²) < 4.78 is 5.70. The predicted molar refractivity (Wildman–Crippen MR) is 73.7 cm³/mol. The predicted octanol–water partition coefficient (Wildman–Crippen LogP) is 3.67. The van der Waals surface area contributed by atoms with E-state index in [2.05, 4.69) is 31.3 Å². The Morgan fingerprint density at radius 2 is 2.41 bits per heavy atom. The molecule has 2 unspecified atom stereocenters. The molecule has 17 heavy (non-hydrogen) atoms. The molecule has 2 rings (SSSR count). The van der Waals surface area contributed by atoms with Crippen molar-refractivity contribution in [2.45, 2.75) is 51.7 Å². The van der Waals surface area contributed by atoms with Gasteiger partial charge in [-0.1, -0.05) is 6.92 Å². The molecule has 1 aromatic heterocycles. The lowest BCUT2D eigenvalue weighted by atomic mass is 10.0. The maximum Gasteiger partial charge on any atom is 0.0576 e. The van der Waals surface area contributed by atoms with Crippen molar-refractivity contribution in [2.24, 2.45) is 0 Å². The van der Waals surface area contributed by atoms with E-state index in [1.807, 2.05) is 11.3 Å². The van der Waals surface area contributed by atoms with Crippen molar-refractivity contribution in [1.29, 1.82) is 0 Å². The highest BCUT2D eigenvalue weighted by Crippen LogP contribution is 2.28. The zero-order valence-corrected chi connectivity index (χ0v) is 11.7. The van der Waals surface area contributed by atoms with Gasteiger partial charge in [0.2, 0.25) is 0 Å². The van der Waals surface area contributed by atoms with Gasteiger partial charge in [0, 0.05) is 22.4 Å². The van der Waals surface area contributed by atoms with E-state index in [0.29, 0.717) is 12.1 Å². The summed E-state index contributed by atoms with van der Waals surface area (Å²) in [5.41, 5.74) is 0. The number of thiophene rings is 1. The van der Waals surface area contributed by atoms with Crippen molar-refractivity contribution in [1.82, 2.24) is 5.32 Å². The monoisotopic (exact) mass is 253 g/mol. The first kappa shape index (κ1) is 13.1. The Balaban J connectivity index is 1.87. The van der Waals surface area contributed by atoms with E-state index in [0.717, 1.165) is 13.2 Å². The molecule has 96 valence electrons. The third-order valence-corrected chi connectivity index (χ3v) is 4.47. The minimum absolute atomic E-state index is 0.511. The number of hydrogen-bond acceptors (Lipinski definition) is 3. The van der Waals surface area contributed by atoms with Crippen LogP contribution in [0.5, 0.6) is 0 Å². The molecule has 0 radical (unpaired) electrons. The van der Waals surface area contributed by atoms with Gasteiger partial charge in [0.05, 0.1) is 6.10 Å². The van der Waals surface area contributed by atoms with E-state index in [1.165, 1.54) is 35.4 Å². The first-order valence-corrected chi connectivity index (χ1v) is 7.52. The van der Waals surface area contributed by atoms with Crippen LogP contribution in [0.2, 0.25) is 0 Å². The van der Waals surface area contributed by atoms with Gasteiger partial charge in [-0.2, -0.15) is 0 Å². The summed E-state index contributed by atoms with van der Waals surface area (Å²) in [5, 5.41) is 3.59. The molecule has 1 saturated heterocycles. The van der Waals surface area contributed by atoms with E-state index in [9.17, 15) is 0 Å². The van der Waals surface area contributed by atoms with Gasteiger partial charge >= 0.3 is 0 Å². The van der Waals surface area contributed by atoms with Gasteiger partial charge in [-0.25, -0.2) is 0 Å². The average molecular weight is 253 g/mol. The maximum atomic E-state index is 5.70. The molecule has 2 heterocycles. The van der Waals surface area contributed by atoms with Crippen molar-refractivity contribution in [3.05, 3.63) is 21.9 Å². The van der Waals surface area contributed by atoms with Crippen molar-refractivity contribution < 1.29 is 4.74 Å². The first-order chi connectivity index (χ1) is 8.29. The smallest absolute Gasteiger partial charge is 0.0576 e. The topological polar surface area (TPSA) is 21.3 Å². The molecule has 3 heteroatoms. The van der Waals surface area contributed by atoms with Crippen LogP contribution in [-0.2, 0) is 4.74 Å². The van der Waals surface area contributed by atoms with E-state index in [1.54, 1.807) is 0 Å². The molecule has 0 amide bonds. The first-order valence-electron chi connectivity index (χ1n) is 6.71. The second-order valence-corrected chi connectivity index (χ2v) is 6.09.